The van der Waals surface area contributed by atoms with Gasteiger partial charge in [0.05, 0.1) is 17.5 Å². The van der Waals surface area contributed by atoms with E-state index in [-0.39, 0.29) is 21.9 Å². The first-order valence-electron chi connectivity index (χ1n) is 4.11. The van der Waals surface area contributed by atoms with Gasteiger partial charge in [-0.1, -0.05) is 15.9 Å². The summed E-state index contributed by atoms with van der Waals surface area (Å²) < 4.78 is 4.96. The van der Waals surface area contributed by atoms with E-state index in [1.54, 1.807) is 13.0 Å². The molecule has 1 N–H and O–H groups in total. The summed E-state index contributed by atoms with van der Waals surface area (Å²) >= 11 is 3.16. The number of methoxy groups -OCH3 is 1. The molecule has 0 bridgehead atoms. The minimum Gasteiger partial charge on any atom is -0.507 e. The highest BCUT2D eigenvalue weighted by atomic mass is 79.9. The molecule has 0 fully saturated rings. The van der Waals surface area contributed by atoms with Crippen molar-refractivity contribution in [1.29, 1.82) is 0 Å². The summed E-state index contributed by atoms with van der Waals surface area (Å²) in [5.41, 5.74) is 0.272. The number of hydrogen-bond donors (Lipinski definition) is 1. The number of alkyl halides is 1. The molecule has 1 rings (SSSR count). The predicted octanol–water partition coefficient (Wildman–Crippen LogP) is 2.37. The zero-order valence-electron chi connectivity index (χ0n) is 7.95. The summed E-state index contributed by atoms with van der Waals surface area (Å²) in [4.78, 5) is 11.3. The second-order valence-electron chi connectivity index (χ2n) is 2.86. The maximum atomic E-state index is 11.6. The van der Waals surface area contributed by atoms with Crippen molar-refractivity contribution in [2.75, 3.05) is 7.11 Å². The Morgan fingerprint density at radius 1 is 1.57 bits per heavy atom. The number of phenolic OH excluding ortho intramolecular Hbond substituents is 1. The third-order valence-corrected chi connectivity index (χ3v) is 2.25. The molecule has 76 valence electrons. The second-order valence-corrected chi connectivity index (χ2v) is 4.24. The van der Waals surface area contributed by atoms with E-state index in [9.17, 15) is 9.90 Å². The number of rotatable bonds is 3. The van der Waals surface area contributed by atoms with Crippen molar-refractivity contribution in [3.63, 3.8) is 0 Å². The van der Waals surface area contributed by atoms with Crippen molar-refractivity contribution in [2.24, 2.45) is 0 Å². The fraction of sp³-hybridized carbons (Fsp3) is 0.300. The number of carbonyl (C=O) groups is 1. The zero-order chi connectivity index (χ0) is 10.7. The fourth-order valence-corrected chi connectivity index (χ4v) is 1.30. The average Bonchev–Trinajstić information content (AvgIpc) is 2.17. The highest BCUT2D eigenvalue weighted by Crippen LogP contribution is 2.25. The highest BCUT2D eigenvalue weighted by molar-refractivity contribution is 9.10. The second kappa shape index (κ2) is 4.46. The molecular formula is C10H11BrO3. The van der Waals surface area contributed by atoms with Crippen LogP contribution in [0.3, 0.4) is 0 Å². The van der Waals surface area contributed by atoms with Gasteiger partial charge < -0.3 is 9.84 Å². The van der Waals surface area contributed by atoms with E-state index < -0.39 is 0 Å². The van der Waals surface area contributed by atoms with Gasteiger partial charge in [0.25, 0.3) is 0 Å². The topological polar surface area (TPSA) is 46.5 Å². The molecule has 1 aromatic carbocycles. The molecule has 1 unspecified atom stereocenters. The number of ether oxygens (including phenoxy) is 1. The van der Waals surface area contributed by atoms with Crippen LogP contribution in [-0.2, 0) is 0 Å². The Balaban J connectivity index is 3.12. The first kappa shape index (κ1) is 11.0. The van der Waals surface area contributed by atoms with E-state index in [1.807, 2.05) is 0 Å². The summed E-state index contributed by atoms with van der Waals surface area (Å²) in [6.45, 7) is 1.71. The normalized spacial score (nSPS) is 12.2. The maximum absolute atomic E-state index is 11.6. The predicted molar refractivity (Wildman–Crippen MR) is 57.4 cm³/mol. The zero-order valence-corrected chi connectivity index (χ0v) is 9.54. The van der Waals surface area contributed by atoms with E-state index in [2.05, 4.69) is 15.9 Å². The third-order valence-electron chi connectivity index (χ3n) is 1.83. The molecule has 0 spiro atoms. The van der Waals surface area contributed by atoms with Crippen LogP contribution in [0.25, 0.3) is 0 Å². The van der Waals surface area contributed by atoms with Crippen molar-refractivity contribution < 1.29 is 14.6 Å². The van der Waals surface area contributed by atoms with E-state index in [0.29, 0.717) is 5.75 Å². The lowest BCUT2D eigenvalue weighted by atomic mass is 10.1. The minimum atomic E-state index is -0.319. The van der Waals surface area contributed by atoms with Gasteiger partial charge in [0.2, 0.25) is 0 Å². The molecule has 0 amide bonds. The average molecular weight is 259 g/mol. The summed E-state index contributed by atoms with van der Waals surface area (Å²) in [6, 6.07) is 4.57. The van der Waals surface area contributed by atoms with Crippen molar-refractivity contribution in [3.8, 4) is 11.5 Å². The smallest absolute Gasteiger partial charge is 0.180 e. The van der Waals surface area contributed by atoms with E-state index in [0.717, 1.165) is 0 Å². The molecule has 0 radical (unpaired) electrons. The lowest BCUT2D eigenvalue weighted by Crippen LogP contribution is -2.10. The van der Waals surface area contributed by atoms with Gasteiger partial charge in [0.15, 0.2) is 5.78 Å². The molecule has 0 aliphatic rings. The number of halogens is 1. The van der Waals surface area contributed by atoms with Crippen molar-refractivity contribution in [1.82, 2.24) is 0 Å². The monoisotopic (exact) mass is 258 g/mol. The van der Waals surface area contributed by atoms with Crippen molar-refractivity contribution in [2.45, 2.75) is 11.8 Å². The van der Waals surface area contributed by atoms with Crippen LogP contribution in [0.1, 0.15) is 17.3 Å². The van der Waals surface area contributed by atoms with Gasteiger partial charge in [-0.05, 0) is 25.1 Å². The Labute approximate surface area is 90.8 Å². The van der Waals surface area contributed by atoms with Gasteiger partial charge in [-0.3, -0.25) is 4.79 Å². The molecule has 0 saturated carbocycles. The van der Waals surface area contributed by atoms with Gasteiger partial charge in [-0.15, -0.1) is 0 Å². The van der Waals surface area contributed by atoms with Gasteiger partial charge in [-0.2, -0.15) is 0 Å². The summed E-state index contributed by atoms with van der Waals surface area (Å²) in [5.74, 6) is 0.364. The number of carbonyl (C=O) groups excluding carboxylic acids is 1. The molecule has 1 atom stereocenters. The first-order chi connectivity index (χ1) is 6.56. The number of phenols is 1. The van der Waals surface area contributed by atoms with Crippen molar-refractivity contribution >= 4 is 21.7 Å². The highest BCUT2D eigenvalue weighted by Gasteiger charge is 2.16. The van der Waals surface area contributed by atoms with Crippen LogP contribution in [0.5, 0.6) is 11.5 Å². The molecule has 0 aliphatic heterocycles. The molecule has 1 aromatic rings. The van der Waals surface area contributed by atoms with Gasteiger partial charge in [-0.25, -0.2) is 0 Å². The summed E-state index contributed by atoms with van der Waals surface area (Å²) in [6.07, 6.45) is 0. The SMILES string of the molecule is COc1ccc(O)c(C(=O)C(C)Br)c1. The van der Waals surface area contributed by atoms with Gasteiger partial charge in [0.1, 0.15) is 11.5 Å². The van der Waals surface area contributed by atoms with E-state index >= 15 is 0 Å². The number of Topliss-reactive ketones (excluding diaryl/α,β-unsaturated/α-hetero) is 1. The van der Waals surface area contributed by atoms with Crippen LogP contribution in [-0.4, -0.2) is 22.8 Å². The largest absolute Gasteiger partial charge is 0.507 e. The van der Waals surface area contributed by atoms with Crippen LogP contribution in [0.2, 0.25) is 0 Å². The lowest BCUT2D eigenvalue weighted by molar-refractivity contribution is 0.0993. The molecule has 0 aliphatic carbocycles. The van der Waals surface area contributed by atoms with Crippen LogP contribution >= 0.6 is 15.9 Å². The number of aromatic hydroxyl groups is 1. The Morgan fingerprint density at radius 3 is 2.71 bits per heavy atom. The molecule has 0 heterocycles. The standard InChI is InChI=1S/C10H11BrO3/c1-6(11)10(13)8-5-7(14-2)3-4-9(8)12/h3-6,12H,1-2H3. The first-order valence-corrected chi connectivity index (χ1v) is 5.03. The van der Waals surface area contributed by atoms with Crippen molar-refractivity contribution in [3.05, 3.63) is 23.8 Å². The Kier molecular flexibility index (Phi) is 3.52. The minimum absolute atomic E-state index is 0.0258. The summed E-state index contributed by atoms with van der Waals surface area (Å²) in [7, 11) is 1.51. The Bertz CT molecular complexity index is 347. The molecule has 0 aromatic heterocycles. The Hall–Kier alpha value is -1.03. The fourth-order valence-electron chi connectivity index (χ4n) is 1.05. The third kappa shape index (κ3) is 2.26. The van der Waals surface area contributed by atoms with Crippen LogP contribution < -0.4 is 4.74 Å². The molecule has 3 nitrogen and oxygen atoms in total. The number of ketones is 1. The maximum Gasteiger partial charge on any atom is 0.180 e. The van der Waals surface area contributed by atoms with Crippen LogP contribution in [0.15, 0.2) is 18.2 Å². The number of hydrogen-bond acceptors (Lipinski definition) is 3. The van der Waals surface area contributed by atoms with E-state index in [4.69, 9.17) is 4.74 Å². The van der Waals surface area contributed by atoms with Gasteiger partial charge >= 0.3 is 0 Å². The quantitative estimate of drug-likeness (QED) is 0.669. The van der Waals surface area contributed by atoms with Crippen LogP contribution in [0, 0.1) is 0 Å². The molecule has 4 heteroatoms. The molecule has 14 heavy (non-hydrogen) atoms. The summed E-state index contributed by atoms with van der Waals surface area (Å²) in [5, 5.41) is 9.45. The lowest BCUT2D eigenvalue weighted by Gasteiger charge is -2.07. The Morgan fingerprint density at radius 2 is 2.21 bits per heavy atom. The van der Waals surface area contributed by atoms with Gasteiger partial charge in [0, 0.05) is 0 Å². The number of benzene rings is 1. The molecular weight excluding hydrogens is 248 g/mol. The van der Waals surface area contributed by atoms with Crippen LogP contribution in [0.4, 0.5) is 0 Å². The van der Waals surface area contributed by atoms with E-state index in [1.165, 1.54) is 19.2 Å². The molecule has 0 saturated heterocycles.